The Morgan fingerprint density at radius 3 is 2.33 bits per heavy atom. The Balaban J connectivity index is 1.37. The Bertz CT molecular complexity index is 1030. The maximum absolute atomic E-state index is 12.5. The standard InChI is InChI=1S/C23H26IN5O/c1-29(2)21-19-5-3-4-6-20(19)27-23(28-21)26-18-13-11-17(12-14-18)25-22(30)15-7-9-16(24)10-8-15/h3-10,17-18H,11-14H2,1-2H3,(H,25,30)(H,26,27,28). The number of para-hydroxylation sites is 1. The van der Waals surface area contributed by atoms with Crippen LogP contribution in [0.1, 0.15) is 36.0 Å². The molecule has 0 atom stereocenters. The van der Waals surface area contributed by atoms with E-state index in [0.717, 1.165) is 51.5 Å². The number of nitrogens with zero attached hydrogens (tertiary/aromatic N) is 3. The normalized spacial score (nSPS) is 18.8. The molecule has 2 N–H and O–H groups in total. The molecule has 0 spiro atoms. The molecule has 30 heavy (non-hydrogen) atoms. The van der Waals surface area contributed by atoms with Crippen molar-refractivity contribution in [2.75, 3.05) is 24.3 Å². The molecule has 1 amide bonds. The quantitative estimate of drug-likeness (QED) is 0.492. The van der Waals surface area contributed by atoms with Gasteiger partial charge in [0.15, 0.2) is 0 Å². The van der Waals surface area contributed by atoms with Crippen LogP contribution in [-0.2, 0) is 0 Å². The summed E-state index contributed by atoms with van der Waals surface area (Å²) in [7, 11) is 4.00. The summed E-state index contributed by atoms with van der Waals surface area (Å²) in [6, 6.07) is 16.3. The van der Waals surface area contributed by atoms with Gasteiger partial charge < -0.3 is 15.5 Å². The van der Waals surface area contributed by atoms with Gasteiger partial charge in [0.2, 0.25) is 5.95 Å². The van der Waals surface area contributed by atoms with E-state index in [2.05, 4.69) is 39.3 Å². The Morgan fingerprint density at radius 1 is 0.967 bits per heavy atom. The molecular weight excluding hydrogens is 489 g/mol. The van der Waals surface area contributed by atoms with Crippen molar-refractivity contribution in [1.29, 1.82) is 0 Å². The Labute approximate surface area is 190 Å². The molecule has 1 aromatic heterocycles. The first-order valence-corrected chi connectivity index (χ1v) is 11.3. The number of rotatable bonds is 5. The minimum Gasteiger partial charge on any atom is -0.362 e. The van der Waals surface area contributed by atoms with E-state index in [0.29, 0.717) is 12.0 Å². The fourth-order valence-corrected chi connectivity index (χ4v) is 4.26. The van der Waals surface area contributed by atoms with E-state index >= 15 is 0 Å². The predicted octanol–water partition coefficient (Wildman–Crippen LogP) is 4.45. The molecule has 1 heterocycles. The lowest BCUT2D eigenvalue weighted by molar-refractivity contribution is 0.0926. The van der Waals surface area contributed by atoms with E-state index in [1.807, 2.05) is 61.5 Å². The summed E-state index contributed by atoms with van der Waals surface area (Å²) in [5, 5.41) is 7.75. The van der Waals surface area contributed by atoms with Crippen molar-refractivity contribution < 1.29 is 4.79 Å². The van der Waals surface area contributed by atoms with E-state index < -0.39 is 0 Å². The molecule has 1 aliphatic carbocycles. The van der Waals surface area contributed by atoms with Gasteiger partial charge in [0.05, 0.1) is 5.52 Å². The van der Waals surface area contributed by atoms with E-state index in [1.54, 1.807) is 0 Å². The average Bonchev–Trinajstić information content (AvgIpc) is 2.75. The number of hydrogen-bond donors (Lipinski definition) is 2. The van der Waals surface area contributed by atoms with Gasteiger partial charge >= 0.3 is 0 Å². The monoisotopic (exact) mass is 515 g/mol. The minimum atomic E-state index is 0.0105. The number of aromatic nitrogens is 2. The van der Waals surface area contributed by atoms with Crippen molar-refractivity contribution in [2.24, 2.45) is 0 Å². The van der Waals surface area contributed by atoms with Crippen molar-refractivity contribution in [3.8, 4) is 0 Å². The van der Waals surface area contributed by atoms with Crippen LogP contribution in [0.15, 0.2) is 48.5 Å². The van der Waals surface area contributed by atoms with E-state index in [1.165, 1.54) is 0 Å². The van der Waals surface area contributed by atoms with E-state index in [9.17, 15) is 4.79 Å². The second-order valence-electron chi connectivity index (χ2n) is 7.96. The van der Waals surface area contributed by atoms with Crippen LogP contribution in [0.5, 0.6) is 0 Å². The number of hydrogen-bond acceptors (Lipinski definition) is 5. The third-order valence-electron chi connectivity index (χ3n) is 5.51. The first kappa shape index (κ1) is 20.8. The van der Waals surface area contributed by atoms with Crippen LogP contribution in [-0.4, -0.2) is 42.1 Å². The molecule has 0 bridgehead atoms. The largest absolute Gasteiger partial charge is 0.362 e. The van der Waals surface area contributed by atoms with Crippen molar-refractivity contribution in [2.45, 2.75) is 37.8 Å². The second kappa shape index (κ2) is 9.16. The number of carbonyl (C=O) groups is 1. The highest BCUT2D eigenvalue weighted by molar-refractivity contribution is 14.1. The van der Waals surface area contributed by atoms with Crippen LogP contribution >= 0.6 is 22.6 Å². The van der Waals surface area contributed by atoms with Crippen LogP contribution in [0.3, 0.4) is 0 Å². The Hall–Kier alpha value is -2.42. The lowest BCUT2D eigenvalue weighted by Gasteiger charge is -2.30. The van der Waals surface area contributed by atoms with Crippen molar-refractivity contribution >= 4 is 51.2 Å². The van der Waals surface area contributed by atoms with Gasteiger partial charge in [-0.05, 0) is 84.7 Å². The number of carbonyl (C=O) groups excluding carboxylic acids is 1. The summed E-state index contributed by atoms with van der Waals surface area (Å²) in [6.45, 7) is 0. The molecule has 1 fully saturated rings. The maximum atomic E-state index is 12.5. The molecule has 0 radical (unpaired) electrons. The minimum absolute atomic E-state index is 0.0105. The fraction of sp³-hybridized carbons (Fsp3) is 0.348. The van der Waals surface area contributed by atoms with Crippen LogP contribution in [0.2, 0.25) is 0 Å². The molecule has 0 saturated heterocycles. The van der Waals surface area contributed by atoms with E-state index in [4.69, 9.17) is 9.97 Å². The zero-order chi connectivity index (χ0) is 21.1. The van der Waals surface area contributed by atoms with Gasteiger partial charge in [-0.15, -0.1) is 0 Å². The number of fused-ring (bicyclic) bond motifs is 1. The van der Waals surface area contributed by atoms with Gasteiger partial charge in [-0.25, -0.2) is 4.98 Å². The lowest BCUT2D eigenvalue weighted by Crippen LogP contribution is -2.40. The summed E-state index contributed by atoms with van der Waals surface area (Å²) >= 11 is 2.24. The molecule has 1 aliphatic rings. The van der Waals surface area contributed by atoms with Gasteiger partial charge in [-0.3, -0.25) is 4.79 Å². The van der Waals surface area contributed by atoms with Crippen molar-refractivity contribution in [3.05, 3.63) is 57.7 Å². The lowest BCUT2D eigenvalue weighted by atomic mass is 9.91. The first-order chi connectivity index (χ1) is 14.5. The van der Waals surface area contributed by atoms with E-state index in [-0.39, 0.29) is 11.9 Å². The number of amides is 1. The van der Waals surface area contributed by atoms with Crippen LogP contribution < -0.4 is 15.5 Å². The topological polar surface area (TPSA) is 70.2 Å². The van der Waals surface area contributed by atoms with Crippen molar-refractivity contribution in [3.63, 3.8) is 0 Å². The summed E-state index contributed by atoms with van der Waals surface area (Å²) < 4.78 is 1.13. The van der Waals surface area contributed by atoms with Gasteiger partial charge in [0.1, 0.15) is 5.82 Å². The third-order valence-corrected chi connectivity index (χ3v) is 6.23. The van der Waals surface area contributed by atoms with Crippen LogP contribution in [0.4, 0.5) is 11.8 Å². The molecule has 2 aromatic carbocycles. The molecule has 156 valence electrons. The van der Waals surface area contributed by atoms with Crippen LogP contribution in [0, 0.1) is 3.57 Å². The van der Waals surface area contributed by atoms with Crippen molar-refractivity contribution in [1.82, 2.24) is 15.3 Å². The highest BCUT2D eigenvalue weighted by Crippen LogP contribution is 2.26. The number of anilines is 2. The second-order valence-corrected chi connectivity index (χ2v) is 9.20. The summed E-state index contributed by atoms with van der Waals surface area (Å²) in [6.07, 6.45) is 3.85. The molecule has 4 rings (SSSR count). The highest BCUT2D eigenvalue weighted by atomic mass is 127. The number of halogens is 1. The van der Waals surface area contributed by atoms with Gasteiger partial charge in [-0.1, -0.05) is 12.1 Å². The fourth-order valence-electron chi connectivity index (χ4n) is 3.90. The SMILES string of the molecule is CN(C)c1nc(NC2CCC(NC(=O)c3ccc(I)cc3)CC2)nc2ccccc12. The smallest absolute Gasteiger partial charge is 0.251 e. The summed E-state index contributed by atoms with van der Waals surface area (Å²) in [5.41, 5.74) is 1.66. The third kappa shape index (κ3) is 4.83. The summed E-state index contributed by atoms with van der Waals surface area (Å²) in [5.74, 6) is 1.60. The van der Waals surface area contributed by atoms with Gasteiger partial charge in [0, 0.05) is 40.7 Å². The predicted molar refractivity (Wildman–Crippen MR) is 130 cm³/mol. The highest BCUT2D eigenvalue weighted by Gasteiger charge is 2.23. The Kier molecular flexibility index (Phi) is 6.36. The molecule has 6 nitrogen and oxygen atoms in total. The number of nitrogens with one attached hydrogen (secondary N) is 2. The molecule has 3 aromatic rings. The zero-order valence-corrected chi connectivity index (χ0v) is 19.4. The summed E-state index contributed by atoms with van der Waals surface area (Å²) in [4.78, 5) is 23.9. The zero-order valence-electron chi connectivity index (χ0n) is 17.2. The first-order valence-electron chi connectivity index (χ1n) is 10.3. The Morgan fingerprint density at radius 2 is 1.63 bits per heavy atom. The molecule has 1 saturated carbocycles. The van der Waals surface area contributed by atoms with Gasteiger partial charge in [0.25, 0.3) is 5.91 Å². The molecule has 0 unspecified atom stereocenters. The molecule has 7 heteroatoms. The molecular formula is C23H26IN5O. The van der Waals surface area contributed by atoms with Crippen LogP contribution in [0.25, 0.3) is 10.9 Å². The maximum Gasteiger partial charge on any atom is 0.251 e. The number of benzene rings is 2. The molecule has 0 aliphatic heterocycles. The average molecular weight is 515 g/mol. The van der Waals surface area contributed by atoms with Gasteiger partial charge in [-0.2, -0.15) is 4.98 Å².